The predicted molar refractivity (Wildman–Crippen MR) is 126 cm³/mol. The summed E-state index contributed by atoms with van der Waals surface area (Å²) in [7, 11) is -2.34. The lowest BCUT2D eigenvalue weighted by molar-refractivity contribution is 0.413. The van der Waals surface area contributed by atoms with Gasteiger partial charge >= 0.3 is 0 Å². The van der Waals surface area contributed by atoms with Gasteiger partial charge in [-0.15, -0.1) is 0 Å². The first-order chi connectivity index (χ1) is 15.6. The number of pyridine rings is 2. The molecule has 4 aromatic rings. The highest BCUT2D eigenvalue weighted by Crippen LogP contribution is 2.28. The molecule has 0 saturated heterocycles. The van der Waals surface area contributed by atoms with Crippen LogP contribution in [0.5, 0.6) is 5.75 Å². The molecule has 0 fully saturated rings. The van der Waals surface area contributed by atoms with Gasteiger partial charge in [0, 0.05) is 11.8 Å². The Morgan fingerprint density at radius 3 is 2.42 bits per heavy atom. The summed E-state index contributed by atoms with van der Waals surface area (Å²) < 4.78 is 35.4. The maximum absolute atomic E-state index is 13.1. The molecule has 0 aliphatic rings. The number of ether oxygens (including phenoxy) is 1. The van der Waals surface area contributed by atoms with E-state index in [0.29, 0.717) is 28.1 Å². The van der Waals surface area contributed by atoms with Gasteiger partial charge < -0.3 is 4.74 Å². The van der Waals surface area contributed by atoms with E-state index in [1.165, 1.54) is 10.6 Å². The van der Waals surface area contributed by atoms with Crippen LogP contribution < -0.4 is 9.46 Å². The monoisotopic (exact) mass is 461 g/mol. The third-order valence-corrected chi connectivity index (χ3v) is 6.63. The van der Waals surface area contributed by atoms with Crippen molar-refractivity contribution in [1.82, 2.24) is 14.6 Å². The smallest absolute Gasteiger partial charge is 0.263 e. The van der Waals surface area contributed by atoms with Crippen molar-refractivity contribution in [1.29, 1.82) is 5.26 Å². The van der Waals surface area contributed by atoms with Crippen LogP contribution in [-0.2, 0) is 15.4 Å². The third-order valence-electron chi connectivity index (χ3n) is 5.26. The lowest BCUT2D eigenvalue weighted by Crippen LogP contribution is -2.17. The van der Waals surface area contributed by atoms with Gasteiger partial charge in [0.05, 0.1) is 35.0 Å². The predicted octanol–water partition coefficient (Wildman–Crippen LogP) is 4.37. The number of nitriles is 1. The second kappa shape index (κ2) is 8.22. The van der Waals surface area contributed by atoms with Crippen LogP contribution in [0.25, 0.3) is 16.8 Å². The van der Waals surface area contributed by atoms with Crippen LogP contribution in [0.4, 0.5) is 5.82 Å². The van der Waals surface area contributed by atoms with Crippen LogP contribution in [0.1, 0.15) is 31.9 Å². The van der Waals surface area contributed by atoms with Gasteiger partial charge in [-0.1, -0.05) is 32.9 Å². The van der Waals surface area contributed by atoms with Crippen molar-refractivity contribution in [2.45, 2.75) is 31.1 Å². The average molecular weight is 462 g/mol. The molecule has 8 nitrogen and oxygen atoms in total. The largest absolute Gasteiger partial charge is 0.495 e. The maximum Gasteiger partial charge on any atom is 0.263 e. The molecule has 4 rings (SSSR count). The van der Waals surface area contributed by atoms with Crippen molar-refractivity contribution in [2.24, 2.45) is 0 Å². The van der Waals surface area contributed by atoms with Crippen molar-refractivity contribution in [2.75, 3.05) is 11.8 Å². The summed E-state index contributed by atoms with van der Waals surface area (Å²) >= 11 is 0. The lowest BCUT2D eigenvalue weighted by atomic mass is 9.87. The van der Waals surface area contributed by atoms with E-state index in [2.05, 4.69) is 41.6 Å². The summed E-state index contributed by atoms with van der Waals surface area (Å²) in [6.07, 6.45) is 3.20. The Morgan fingerprint density at radius 1 is 1.06 bits per heavy atom. The second-order valence-corrected chi connectivity index (χ2v) is 10.2. The number of rotatable bonds is 5. The van der Waals surface area contributed by atoms with Crippen molar-refractivity contribution >= 4 is 21.4 Å². The molecular formula is C24H23N5O3S. The standard InChI is InChI=1S/C24H23N5O3S/c1-24(2,3)18-6-8-20(9-7-18)33(30,31)28-23-10-5-16(13-25)22-12-21(27-29(22)23)17-11-19(32-4)15-26-14-17/h5-12,14-15,28H,1-4H3. The van der Waals surface area contributed by atoms with Gasteiger partial charge in [-0.25, -0.2) is 12.9 Å². The first-order valence-electron chi connectivity index (χ1n) is 10.2. The van der Waals surface area contributed by atoms with E-state index in [4.69, 9.17) is 4.74 Å². The number of hydrogen-bond acceptors (Lipinski definition) is 6. The Morgan fingerprint density at radius 2 is 1.79 bits per heavy atom. The number of nitrogens with zero attached hydrogens (tertiary/aromatic N) is 4. The van der Waals surface area contributed by atoms with Gasteiger partial charge in [-0.05, 0) is 47.4 Å². The highest BCUT2D eigenvalue weighted by molar-refractivity contribution is 7.92. The molecule has 0 radical (unpaired) electrons. The normalized spacial score (nSPS) is 11.8. The minimum absolute atomic E-state index is 0.0878. The minimum atomic E-state index is -3.88. The number of benzene rings is 1. The molecule has 0 bridgehead atoms. The van der Waals surface area contributed by atoms with E-state index in [0.717, 1.165) is 5.56 Å². The van der Waals surface area contributed by atoms with E-state index in [-0.39, 0.29) is 16.1 Å². The summed E-state index contributed by atoms with van der Waals surface area (Å²) in [6, 6.07) is 15.5. The van der Waals surface area contributed by atoms with Crippen LogP contribution in [0.15, 0.2) is 65.8 Å². The van der Waals surface area contributed by atoms with E-state index < -0.39 is 10.0 Å². The minimum Gasteiger partial charge on any atom is -0.495 e. The third kappa shape index (κ3) is 4.38. The fraction of sp³-hybridized carbons (Fsp3) is 0.208. The Balaban J connectivity index is 1.76. The summed E-state index contributed by atoms with van der Waals surface area (Å²) in [5, 5.41) is 14.1. The number of sulfonamides is 1. The number of nitrogens with one attached hydrogen (secondary N) is 1. The summed E-state index contributed by atoms with van der Waals surface area (Å²) in [5.41, 5.74) is 2.98. The molecule has 1 aromatic carbocycles. The number of hydrogen-bond donors (Lipinski definition) is 1. The van der Waals surface area contributed by atoms with Crippen LogP contribution >= 0.6 is 0 Å². The molecule has 0 aliphatic heterocycles. The van der Waals surface area contributed by atoms with Crippen LogP contribution in [-0.4, -0.2) is 30.1 Å². The van der Waals surface area contributed by atoms with Gasteiger partial charge in [-0.3, -0.25) is 9.71 Å². The number of fused-ring (bicyclic) bond motifs is 1. The fourth-order valence-corrected chi connectivity index (χ4v) is 4.43. The second-order valence-electron chi connectivity index (χ2n) is 8.56. The zero-order valence-electron chi connectivity index (χ0n) is 18.7. The highest BCUT2D eigenvalue weighted by Gasteiger charge is 2.20. The van der Waals surface area contributed by atoms with E-state index in [9.17, 15) is 13.7 Å². The molecule has 0 aliphatic carbocycles. The van der Waals surface area contributed by atoms with Gasteiger partial charge in [0.15, 0.2) is 0 Å². The zero-order chi connectivity index (χ0) is 23.8. The Kier molecular flexibility index (Phi) is 5.56. The molecule has 3 aromatic heterocycles. The van der Waals surface area contributed by atoms with Gasteiger partial charge in [0.1, 0.15) is 17.6 Å². The van der Waals surface area contributed by atoms with Crippen LogP contribution in [0.3, 0.4) is 0 Å². The quantitative estimate of drug-likeness (QED) is 0.472. The molecule has 0 saturated carbocycles. The number of anilines is 1. The Hall–Kier alpha value is -3.90. The molecule has 0 unspecified atom stereocenters. The first-order valence-corrected chi connectivity index (χ1v) is 11.7. The van der Waals surface area contributed by atoms with Gasteiger partial charge in [0.2, 0.25) is 0 Å². The molecule has 9 heteroatoms. The number of aromatic nitrogens is 3. The molecule has 0 atom stereocenters. The topological polar surface area (TPSA) is 109 Å². The average Bonchev–Trinajstić information content (AvgIpc) is 3.25. The van der Waals surface area contributed by atoms with Crippen LogP contribution in [0, 0.1) is 11.3 Å². The zero-order valence-corrected chi connectivity index (χ0v) is 19.5. The van der Waals surface area contributed by atoms with Crippen molar-refractivity contribution in [3.05, 3.63) is 72.1 Å². The van der Waals surface area contributed by atoms with E-state index in [1.807, 2.05) is 12.1 Å². The van der Waals surface area contributed by atoms with E-state index in [1.54, 1.807) is 49.8 Å². The fourth-order valence-electron chi connectivity index (χ4n) is 3.39. The van der Waals surface area contributed by atoms with Gasteiger partial charge in [0.25, 0.3) is 10.0 Å². The highest BCUT2D eigenvalue weighted by atomic mass is 32.2. The maximum atomic E-state index is 13.1. The molecule has 1 N–H and O–H groups in total. The lowest BCUT2D eigenvalue weighted by Gasteiger charge is -2.19. The van der Waals surface area contributed by atoms with Crippen LogP contribution in [0.2, 0.25) is 0 Å². The summed E-state index contributed by atoms with van der Waals surface area (Å²) in [6.45, 7) is 6.19. The van der Waals surface area contributed by atoms with Gasteiger partial charge in [-0.2, -0.15) is 10.4 Å². The van der Waals surface area contributed by atoms with Crippen molar-refractivity contribution in [3.63, 3.8) is 0 Å². The molecule has 168 valence electrons. The molecule has 0 spiro atoms. The Labute approximate surface area is 192 Å². The summed E-state index contributed by atoms with van der Waals surface area (Å²) in [4.78, 5) is 4.28. The molecular weight excluding hydrogens is 438 g/mol. The Bertz CT molecular complexity index is 1480. The molecule has 33 heavy (non-hydrogen) atoms. The summed E-state index contributed by atoms with van der Waals surface area (Å²) in [5.74, 6) is 0.774. The van der Waals surface area contributed by atoms with Crippen molar-refractivity contribution < 1.29 is 13.2 Å². The molecule has 3 heterocycles. The molecule has 0 amide bonds. The van der Waals surface area contributed by atoms with Crippen molar-refractivity contribution in [3.8, 4) is 23.1 Å². The van der Waals surface area contributed by atoms with E-state index >= 15 is 0 Å². The number of methoxy groups -OCH3 is 1. The SMILES string of the molecule is COc1cncc(-c2cc3c(C#N)ccc(NS(=O)(=O)c4ccc(C(C)(C)C)cc4)n3n2)c1. The first kappa shape index (κ1) is 22.3.